The smallest absolute Gasteiger partial charge is 0.317 e. The van der Waals surface area contributed by atoms with Crippen LogP contribution in [0.25, 0.3) is 0 Å². The molecule has 0 saturated heterocycles. The predicted molar refractivity (Wildman–Crippen MR) is 73.7 cm³/mol. The van der Waals surface area contributed by atoms with E-state index in [2.05, 4.69) is 5.32 Å². The second kappa shape index (κ2) is 8.50. The Morgan fingerprint density at radius 3 is 2.79 bits per heavy atom. The number of aliphatic hydroxyl groups is 1. The maximum atomic E-state index is 11.8. The van der Waals surface area contributed by atoms with Crippen LogP contribution in [0.3, 0.4) is 0 Å². The first-order chi connectivity index (χ1) is 9.21. The van der Waals surface area contributed by atoms with Crippen LogP contribution in [0.4, 0.5) is 4.79 Å². The Kier molecular flexibility index (Phi) is 6.92. The van der Waals surface area contributed by atoms with E-state index < -0.39 is 0 Å². The molecule has 0 saturated carbocycles. The third kappa shape index (κ3) is 5.28. The van der Waals surface area contributed by atoms with Gasteiger partial charge in [-0.25, -0.2) is 4.79 Å². The molecule has 0 heterocycles. The van der Waals surface area contributed by atoms with E-state index in [4.69, 9.17) is 9.84 Å². The van der Waals surface area contributed by atoms with Crippen LogP contribution in [-0.4, -0.2) is 42.8 Å². The van der Waals surface area contributed by atoms with Gasteiger partial charge < -0.3 is 20.1 Å². The van der Waals surface area contributed by atoms with Crippen molar-refractivity contribution in [3.05, 3.63) is 35.4 Å². The van der Waals surface area contributed by atoms with Crippen LogP contribution in [0.1, 0.15) is 18.1 Å². The fourth-order valence-corrected chi connectivity index (χ4v) is 1.81. The molecule has 19 heavy (non-hydrogen) atoms. The van der Waals surface area contributed by atoms with E-state index in [9.17, 15) is 4.79 Å². The van der Waals surface area contributed by atoms with Gasteiger partial charge in [-0.05, 0) is 18.1 Å². The van der Waals surface area contributed by atoms with Crippen molar-refractivity contribution in [2.24, 2.45) is 0 Å². The minimum atomic E-state index is -0.159. The molecule has 0 aliphatic heterocycles. The molecule has 2 amide bonds. The Hall–Kier alpha value is -1.59. The second-order valence-corrected chi connectivity index (χ2v) is 4.21. The van der Waals surface area contributed by atoms with E-state index >= 15 is 0 Å². The molecule has 0 aliphatic rings. The molecule has 106 valence electrons. The Labute approximate surface area is 114 Å². The van der Waals surface area contributed by atoms with E-state index in [1.54, 1.807) is 12.0 Å². The average Bonchev–Trinajstić information content (AvgIpc) is 2.43. The number of methoxy groups -OCH3 is 1. The van der Waals surface area contributed by atoms with Crippen LogP contribution in [0.15, 0.2) is 24.3 Å². The first kappa shape index (κ1) is 15.5. The fourth-order valence-electron chi connectivity index (χ4n) is 1.81. The van der Waals surface area contributed by atoms with E-state index in [0.29, 0.717) is 26.2 Å². The largest absolute Gasteiger partial charge is 0.395 e. The zero-order chi connectivity index (χ0) is 14.1. The Morgan fingerprint density at radius 2 is 2.16 bits per heavy atom. The van der Waals surface area contributed by atoms with Gasteiger partial charge >= 0.3 is 6.03 Å². The van der Waals surface area contributed by atoms with Gasteiger partial charge in [-0.2, -0.15) is 0 Å². The highest BCUT2D eigenvalue weighted by Crippen LogP contribution is 2.06. The number of aliphatic hydroxyl groups excluding tert-OH is 1. The molecule has 0 fully saturated rings. The molecular weight excluding hydrogens is 244 g/mol. The molecule has 1 rings (SSSR count). The molecule has 1 aromatic rings. The van der Waals surface area contributed by atoms with E-state index in [1.165, 1.54) is 0 Å². The lowest BCUT2D eigenvalue weighted by Gasteiger charge is -2.20. The predicted octanol–water partition coefficient (Wildman–Crippen LogP) is 1.36. The average molecular weight is 266 g/mol. The number of amides is 2. The molecular formula is C14H22N2O3. The van der Waals surface area contributed by atoms with Crippen LogP contribution in [-0.2, 0) is 17.9 Å². The monoisotopic (exact) mass is 266 g/mol. The number of nitrogens with one attached hydrogen (secondary N) is 1. The van der Waals surface area contributed by atoms with E-state index in [-0.39, 0.29) is 12.6 Å². The summed E-state index contributed by atoms with van der Waals surface area (Å²) in [6.45, 7) is 3.83. The summed E-state index contributed by atoms with van der Waals surface area (Å²) in [5, 5.41) is 11.7. The van der Waals surface area contributed by atoms with Gasteiger partial charge in [0.25, 0.3) is 0 Å². The van der Waals surface area contributed by atoms with Crippen molar-refractivity contribution in [2.45, 2.75) is 20.1 Å². The van der Waals surface area contributed by atoms with E-state index in [1.807, 2.05) is 31.2 Å². The van der Waals surface area contributed by atoms with Gasteiger partial charge in [0.15, 0.2) is 0 Å². The van der Waals surface area contributed by atoms with Crippen molar-refractivity contribution < 1.29 is 14.6 Å². The van der Waals surface area contributed by atoms with Crippen molar-refractivity contribution in [3.63, 3.8) is 0 Å². The van der Waals surface area contributed by atoms with Crippen molar-refractivity contribution >= 4 is 6.03 Å². The fraction of sp³-hybridized carbons (Fsp3) is 0.500. The summed E-state index contributed by atoms with van der Waals surface area (Å²) in [7, 11) is 1.66. The number of urea groups is 1. The van der Waals surface area contributed by atoms with Crippen LogP contribution >= 0.6 is 0 Å². The minimum Gasteiger partial charge on any atom is -0.395 e. The summed E-state index contributed by atoms with van der Waals surface area (Å²) in [5.41, 5.74) is 2.11. The van der Waals surface area contributed by atoms with Gasteiger partial charge in [0.05, 0.1) is 13.2 Å². The topological polar surface area (TPSA) is 61.8 Å². The zero-order valence-electron chi connectivity index (χ0n) is 11.6. The second-order valence-electron chi connectivity index (χ2n) is 4.21. The van der Waals surface area contributed by atoms with Crippen LogP contribution < -0.4 is 5.32 Å². The summed E-state index contributed by atoms with van der Waals surface area (Å²) in [4.78, 5) is 13.4. The number of ether oxygens (including phenoxy) is 1. The highest BCUT2D eigenvalue weighted by molar-refractivity contribution is 5.74. The standard InChI is InChI=1S/C14H22N2O3/c1-3-16(7-8-17)14(18)15-10-12-5-4-6-13(9-12)11-19-2/h4-6,9,17H,3,7-8,10-11H2,1-2H3,(H,15,18). The van der Waals surface area contributed by atoms with Crippen molar-refractivity contribution in [3.8, 4) is 0 Å². The maximum Gasteiger partial charge on any atom is 0.317 e. The number of benzene rings is 1. The summed E-state index contributed by atoms with van der Waals surface area (Å²) < 4.78 is 5.07. The Morgan fingerprint density at radius 1 is 1.42 bits per heavy atom. The Bertz CT molecular complexity index is 396. The number of hydrogen-bond donors (Lipinski definition) is 2. The highest BCUT2D eigenvalue weighted by Gasteiger charge is 2.09. The summed E-state index contributed by atoms with van der Waals surface area (Å²) in [6, 6.07) is 7.74. The van der Waals surface area contributed by atoms with Gasteiger partial charge in [-0.3, -0.25) is 0 Å². The first-order valence-corrected chi connectivity index (χ1v) is 6.41. The van der Waals surface area contributed by atoms with Gasteiger partial charge in [0.2, 0.25) is 0 Å². The summed E-state index contributed by atoms with van der Waals surface area (Å²) in [6.07, 6.45) is 0. The summed E-state index contributed by atoms with van der Waals surface area (Å²) in [5.74, 6) is 0. The SMILES string of the molecule is CCN(CCO)C(=O)NCc1cccc(COC)c1. The number of nitrogens with zero attached hydrogens (tertiary/aromatic N) is 1. The van der Waals surface area contributed by atoms with Crippen LogP contribution in [0.2, 0.25) is 0 Å². The molecule has 0 bridgehead atoms. The third-order valence-corrected chi connectivity index (χ3v) is 2.78. The zero-order valence-corrected chi connectivity index (χ0v) is 11.6. The number of carbonyl (C=O) groups excluding carboxylic acids is 1. The van der Waals surface area contributed by atoms with Gasteiger partial charge in [0.1, 0.15) is 0 Å². The number of carbonyl (C=O) groups is 1. The molecule has 0 atom stereocenters. The van der Waals surface area contributed by atoms with Crippen LogP contribution in [0.5, 0.6) is 0 Å². The molecule has 5 nitrogen and oxygen atoms in total. The molecule has 2 N–H and O–H groups in total. The van der Waals surface area contributed by atoms with Crippen molar-refractivity contribution in [2.75, 3.05) is 26.8 Å². The number of likely N-dealkylation sites (N-methyl/N-ethyl adjacent to an activating group) is 1. The quantitative estimate of drug-likeness (QED) is 0.783. The number of hydrogen-bond acceptors (Lipinski definition) is 3. The van der Waals surface area contributed by atoms with Gasteiger partial charge in [-0.1, -0.05) is 24.3 Å². The molecule has 5 heteroatoms. The first-order valence-electron chi connectivity index (χ1n) is 6.41. The molecule has 0 radical (unpaired) electrons. The van der Waals surface area contributed by atoms with E-state index in [0.717, 1.165) is 11.1 Å². The minimum absolute atomic E-state index is 0.0232. The molecule has 0 spiro atoms. The molecule has 0 aliphatic carbocycles. The van der Waals surface area contributed by atoms with Crippen LogP contribution in [0, 0.1) is 0 Å². The maximum absolute atomic E-state index is 11.8. The van der Waals surface area contributed by atoms with Gasteiger partial charge in [0, 0.05) is 26.7 Å². The van der Waals surface area contributed by atoms with Crippen molar-refractivity contribution in [1.29, 1.82) is 0 Å². The molecule has 0 unspecified atom stereocenters. The third-order valence-electron chi connectivity index (χ3n) is 2.78. The van der Waals surface area contributed by atoms with Gasteiger partial charge in [-0.15, -0.1) is 0 Å². The lowest BCUT2D eigenvalue weighted by molar-refractivity contribution is 0.180. The highest BCUT2D eigenvalue weighted by atomic mass is 16.5. The van der Waals surface area contributed by atoms with Crippen molar-refractivity contribution in [1.82, 2.24) is 10.2 Å². The normalized spacial score (nSPS) is 10.3. The molecule has 1 aromatic carbocycles. The molecule has 0 aromatic heterocycles. The summed E-state index contributed by atoms with van der Waals surface area (Å²) >= 11 is 0. The lowest BCUT2D eigenvalue weighted by atomic mass is 10.1. The Balaban J connectivity index is 2.51. The number of rotatable bonds is 7. The lowest BCUT2D eigenvalue weighted by Crippen LogP contribution is -2.41.